The van der Waals surface area contributed by atoms with Crippen LogP contribution in [0.25, 0.3) is 10.8 Å². The normalized spacial score (nSPS) is 25.7. The second-order valence-corrected chi connectivity index (χ2v) is 9.75. The van der Waals surface area contributed by atoms with E-state index < -0.39 is 6.04 Å². The Labute approximate surface area is 198 Å². The molecule has 2 aliphatic carbocycles. The summed E-state index contributed by atoms with van der Waals surface area (Å²) in [6.07, 6.45) is 5.09. The summed E-state index contributed by atoms with van der Waals surface area (Å²) in [5.74, 6) is -0.765. The van der Waals surface area contributed by atoms with Crippen molar-refractivity contribution in [2.45, 2.75) is 25.8 Å². The van der Waals surface area contributed by atoms with Crippen molar-refractivity contribution in [3.8, 4) is 0 Å². The monoisotopic (exact) mass is 450 g/mol. The lowest BCUT2D eigenvalue weighted by atomic mass is 9.85. The van der Waals surface area contributed by atoms with Crippen molar-refractivity contribution in [3.63, 3.8) is 0 Å². The summed E-state index contributed by atoms with van der Waals surface area (Å²) in [6, 6.07) is 20.8. The van der Waals surface area contributed by atoms with Crippen LogP contribution in [0.3, 0.4) is 0 Å². The summed E-state index contributed by atoms with van der Waals surface area (Å²) in [6.45, 7) is 1.99. The van der Waals surface area contributed by atoms with Gasteiger partial charge in [0.15, 0.2) is 0 Å². The van der Waals surface area contributed by atoms with E-state index >= 15 is 0 Å². The minimum atomic E-state index is -0.624. The number of amides is 3. The lowest BCUT2D eigenvalue weighted by Crippen LogP contribution is -2.38. The highest BCUT2D eigenvalue weighted by atomic mass is 16.2. The van der Waals surface area contributed by atoms with Crippen LogP contribution in [0.5, 0.6) is 0 Å². The molecule has 2 fully saturated rings. The molecule has 0 aromatic heterocycles. The van der Waals surface area contributed by atoms with Crippen molar-refractivity contribution in [2.24, 2.45) is 23.7 Å². The van der Waals surface area contributed by atoms with Crippen LogP contribution < -0.4 is 5.32 Å². The van der Waals surface area contributed by atoms with Crippen LogP contribution in [0.1, 0.15) is 30.0 Å². The summed E-state index contributed by atoms with van der Waals surface area (Å²) >= 11 is 0. The number of carbonyl (C=O) groups is 3. The number of nitrogens with one attached hydrogen (secondary N) is 1. The average molecular weight is 451 g/mol. The Morgan fingerprint density at radius 3 is 2.26 bits per heavy atom. The molecule has 5 heteroatoms. The number of allylic oxidation sites excluding steroid dienone is 2. The van der Waals surface area contributed by atoms with Gasteiger partial charge in [-0.2, -0.15) is 0 Å². The topological polar surface area (TPSA) is 66.5 Å². The maximum atomic E-state index is 13.5. The van der Waals surface area contributed by atoms with Crippen molar-refractivity contribution in [1.82, 2.24) is 4.90 Å². The second kappa shape index (κ2) is 7.94. The fourth-order valence-electron chi connectivity index (χ4n) is 6.09. The van der Waals surface area contributed by atoms with E-state index in [1.165, 1.54) is 4.90 Å². The van der Waals surface area contributed by atoms with Crippen molar-refractivity contribution >= 4 is 34.2 Å². The predicted molar refractivity (Wildman–Crippen MR) is 131 cm³/mol. The molecule has 34 heavy (non-hydrogen) atoms. The van der Waals surface area contributed by atoms with Gasteiger partial charge in [0.1, 0.15) is 0 Å². The zero-order valence-corrected chi connectivity index (χ0v) is 19.0. The van der Waals surface area contributed by atoms with E-state index in [0.29, 0.717) is 0 Å². The van der Waals surface area contributed by atoms with Gasteiger partial charge in [-0.05, 0) is 42.2 Å². The van der Waals surface area contributed by atoms with Gasteiger partial charge in [0.2, 0.25) is 17.7 Å². The van der Waals surface area contributed by atoms with Crippen LogP contribution in [0.15, 0.2) is 78.9 Å². The predicted octanol–water partition coefficient (Wildman–Crippen LogP) is 5.03. The molecule has 1 saturated carbocycles. The van der Waals surface area contributed by atoms with Gasteiger partial charge in [0.05, 0.1) is 24.3 Å². The number of nitrogens with zero attached hydrogens (tertiary/aromatic N) is 1. The number of anilines is 1. The standard InChI is InChI=1S/C29H26N2O3/c1-17-9-11-19(12-10-17)24(31-28(33)26-20-13-14-21(15-20)27(26)29(31)34)16-25(32)30-23-8-4-6-18-5-2-3-7-22(18)23/h2-14,20-21,24,26-27H,15-16H2,1H3,(H,30,32). The molecule has 5 atom stereocenters. The Balaban J connectivity index is 1.31. The number of imide groups is 1. The molecule has 1 N–H and O–H groups in total. The molecule has 0 radical (unpaired) electrons. The van der Waals surface area contributed by atoms with E-state index in [2.05, 4.69) is 17.5 Å². The average Bonchev–Trinajstić information content (AvgIpc) is 3.52. The van der Waals surface area contributed by atoms with Gasteiger partial charge in [-0.1, -0.05) is 78.4 Å². The maximum Gasteiger partial charge on any atom is 0.234 e. The molecular weight excluding hydrogens is 424 g/mol. The van der Waals surface area contributed by atoms with Gasteiger partial charge in [0.25, 0.3) is 0 Å². The van der Waals surface area contributed by atoms with Crippen LogP contribution in [0, 0.1) is 30.6 Å². The number of aryl methyl sites for hydroxylation is 1. The molecule has 2 bridgehead atoms. The van der Waals surface area contributed by atoms with Crippen LogP contribution in [0.4, 0.5) is 5.69 Å². The van der Waals surface area contributed by atoms with Crippen molar-refractivity contribution in [3.05, 3.63) is 90.0 Å². The maximum absolute atomic E-state index is 13.5. The Kier molecular flexibility index (Phi) is 4.87. The molecule has 5 unspecified atom stereocenters. The molecule has 3 amide bonds. The first-order valence-electron chi connectivity index (χ1n) is 11.9. The molecular formula is C29H26N2O3. The summed E-state index contributed by atoms with van der Waals surface area (Å²) in [5, 5.41) is 5.02. The lowest BCUT2D eigenvalue weighted by molar-refractivity contribution is -0.144. The quantitative estimate of drug-likeness (QED) is 0.438. The van der Waals surface area contributed by atoms with Crippen molar-refractivity contribution < 1.29 is 14.4 Å². The summed E-state index contributed by atoms with van der Waals surface area (Å²) in [7, 11) is 0. The number of hydrogen-bond acceptors (Lipinski definition) is 3. The Hall–Kier alpha value is -3.73. The lowest BCUT2D eigenvalue weighted by Gasteiger charge is -2.28. The zero-order valence-electron chi connectivity index (χ0n) is 19.0. The van der Waals surface area contributed by atoms with Gasteiger partial charge < -0.3 is 5.32 Å². The second-order valence-electron chi connectivity index (χ2n) is 9.75. The van der Waals surface area contributed by atoms with Crippen molar-refractivity contribution in [1.29, 1.82) is 0 Å². The molecule has 3 aliphatic rings. The van der Waals surface area contributed by atoms with E-state index in [0.717, 1.165) is 34.0 Å². The van der Waals surface area contributed by atoms with Gasteiger partial charge >= 0.3 is 0 Å². The fraction of sp³-hybridized carbons (Fsp3) is 0.276. The van der Waals surface area contributed by atoms with E-state index in [-0.39, 0.29) is 47.8 Å². The summed E-state index contributed by atoms with van der Waals surface area (Å²) in [4.78, 5) is 41.7. The Morgan fingerprint density at radius 2 is 1.56 bits per heavy atom. The number of fused-ring (bicyclic) bond motifs is 6. The first-order valence-corrected chi connectivity index (χ1v) is 11.9. The highest BCUT2D eigenvalue weighted by Gasteiger charge is 2.60. The molecule has 0 spiro atoms. The van der Waals surface area contributed by atoms with Crippen LogP contribution >= 0.6 is 0 Å². The molecule has 5 nitrogen and oxygen atoms in total. The Morgan fingerprint density at radius 1 is 0.912 bits per heavy atom. The first kappa shape index (κ1) is 20.8. The SMILES string of the molecule is Cc1ccc(C(CC(=O)Nc2cccc3ccccc23)N2C(=O)C3C4C=CC(C4)C3C2=O)cc1. The number of likely N-dealkylation sites (tertiary alicyclic amines) is 1. The van der Waals surface area contributed by atoms with E-state index in [9.17, 15) is 14.4 Å². The zero-order chi connectivity index (χ0) is 23.4. The minimum Gasteiger partial charge on any atom is -0.325 e. The molecule has 3 aromatic rings. The van der Waals surface area contributed by atoms with Gasteiger partial charge in [-0.3, -0.25) is 19.3 Å². The third-order valence-electron chi connectivity index (χ3n) is 7.72. The molecule has 1 saturated heterocycles. The van der Waals surface area contributed by atoms with Crippen LogP contribution in [0.2, 0.25) is 0 Å². The third-order valence-corrected chi connectivity index (χ3v) is 7.72. The van der Waals surface area contributed by atoms with Gasteiger partial charge in [-0.15, -0.1) is 0 Å². The highest BCUT2D eigenvalue weighted by molar-refractivity contribution is 6.08. The molecule has 6 rings (SSSR count). The first-order chi connectivity index (χ1) is 16.5. The largest absolute Gasteiger partial charge is 0.325 e. The van der Waals surface area contributed by atoms with E-state index in [4.69, 9.17) is 0 Å². The highest BCUT2D eigenvalue weighted by Crippen LogP contribution is 2.54. The number of rotatable bonds is 5. The number of hydrogen-bond donors (Lipinski definition) is 1. The number of carbonyl (C=O) groups excluding carboxylic acids is 3. The summed E-state index contributed by atoms with van der Waals surface area (Å²) < 4.78 is 0. The van der Waals surface area contributed by atoms with E-state index in [1.807, 2.05) is 73.7 Å². The fourth-order valence-corrected chi connectivity index (χ4v) is 6.09. The van der Waals surface area contributed by atoms with Gasteiger partial charge in [0, 0.05) is 11.1 Å². The summed E-state index contributed by atoms with van der Waals surface area (Å²) in [5.41, 5.74) is 2.62. The van der Waals surface area contributed by atoms with Crippen LogP contribution in [-0.4, -0.2) is 22.6 Å². The molecule has 1 heterocycles. The minimum absolute atomic E-state index is 0.0198. The van der Waals surface area contributed by atoms with E-state index in [1.54, 1.807) is 0 Å². The van der Waals surface area contributed by atoms with Gasteiger partial charge in [-0.25, -0.2) is 0 Å². The molecule has 3 aromatic carbocycles. The number of benzene rings is 3. The third kappa shape index (κ3) is 3.26. The molecule has 1 aliphatic heterocycles. The Bertz CT molecular complexity index is 1310. The van der Waals surface area contributed by atoms with Crippen molar-refractivity contribution in [2.75, 3.05) is 5.32 Å². The smallest absolute Gasteiger partial charge is 0.234 e. The van der Waals surface area contributed by atoms with Crippen LogP contribution in [-0.2, 0) is 14.4 Å². The molecule has 170 valence electrons.